The van der Waals surface area contributed by atoms with E-state index in [1.54, 1.807) is 19.2 Å². The van der Waals surface area contributed by atoms with Crippen LogP contribution in [0.5, 0.6) is 5.75 Å². The van der Waals surface area contributed by atoms with E-state index < -0.39 is 0 Å². The van der Waals surface area contributed by atoms with Gasteiger partial charge in [0.05, 0.1) is 7.11 Å². The van der Waals surface area contributed by atoms with Gasteiger partial charge in [-0.3, -0.25) is 4.79 Å². The highest BCUT2D eigenvalue weighted by molar-refractivity contribution is 5.94. The number of hydrogen-bond acceptors (Lipinski definition) is 3. The van der Waals surface area contributed by atoms with Crippen LogP contribution in [0.15, 0.2) is 35.9 Å². The van der Waals surface area contributed by atoms with Crippen molar-refractivity contribution >= 4 is 5.91 Å². The van der Waals surface area contributed by atoms with Crippen molar-refractivity contribution in [2.75, 3.05) is 33.8 Å². The molecule has 108 valence electrons. The Hall–Kier alpha value is -1.81. The number of nitrogens with zero attached hydrogens (tertiary/aromatic N) is 1. The highest BCUT2D eigenvalue weighted by atomic mass is 16.5. The summed E-state index contributed by atoms with van der Waals surface area (Å²) in [5, 5.41) is 2.96. The summed E-state index contributed by atoms with van der Waals surface area (Å²) < 4.78 is 5.12. The predicted molar refractivity (Wildman–Crippen MR) is 80.1 cm³/mol. The van der Waals surface area contributed by atoms with Gasteiger partial charge in [-0.05, 0) is 38.1 Å². The number of nitrogens with one attached hydrogen (secondary N) is 1. The quantitative estimate of drug-likeness (QED) is 0.836. The van der Waals surface area contributed by atoms with E-state index in [0.29, 0.717) is 17.9 Å². The molecule has 1 aromatic rings. The van der Waals surface area contributed by atoms with Gasteiger partial charge in [-0.25, -0.2) is 0 Å². The first-order valence-corrected chi connectivity index (χ1v) is 6.98. The third-order valence-corrected chi connectivity index (χ3v) is 3.48. The number of benzene rings is 1. The molecule has 1 aliphatic heterocycles. The van der Waals surface area contributed by atoms with Gasteiger partial charge in [-0.1, -0.05) is 17.7 Å². The van der Waals surface area contributed by atoms with Crippen LogP contribution < -0.4 is 10.1 Å². The molecule has 0 saturated heterocycles. The maximum Gasteiger partial charge on any atom is 0.251 e. The number of likely N-dealkylation sites (N-methyl/N-ethyl adjacent to an activating group) is 1. The van der Waals surface area contributed by atoms with Crippen LogP contribution in [-0.2, 0) is 0 Å². The van der Waals surface area contributed by atoms with Crippen LogP contribution in [0.1, 0.15) is 23.2 Å². The number of methoxy groups -OCH3 is 1. The highest BCUT2D eigenvalue weighted by Gasteiger charge is 2.10. The Kier molecular flexibility index (Phi) is 5.18. The lowest BCUT2D eigenvalue weighted by atomic mass is 10.1. The fourth-order valence-electron chi connectivity index (χ4n) is 2.36. The molecule has 0 radical (unpaired) electrons. The van der Waals surface area contributed by atoms with Crippen molar-refractivity contribution in [3.8, 4) is 5.75 Å². The van der Waals surface area contributed by atoms with Crippen LogP contribution in [0.25, 0.3) is 0 Å². The van der Waals surface area contributed by atoms with E-state index in [0.717, 1.165) is 25.9 Å². The zero-order chi connectivity index (χ0) is 14.4. The summed E-state index contributed by atoms with van der Waals surface area (Å²) in [6, 6.07) is 7.21. The number of amides is 1. The molecule has 4 nitrogen and oxygen atoms in total. The second-order valence-corrected chi connectivity index (χ2v) is 5.13. The van der Waals surface area contributed by atoms with Crippen molar-refractivity contribution in [3.63, 3.8) is 0 Å². The smallest absolute Gasteiger partial charge is 0.251 e. The molecule has 20 heavy (non-hydrogen) atoms. The van der Waals surface area contributed by atoms with E-state index in [2.05, 4.69) is 23.3 Å². The molecule has 0 unspecified atom stereocenters. The van der Waals surface area contributed by atoms with E-state index in [1.165, 1.54) is 5.57 Å². The lowest BCUT2D eigenvalue weighted by Gasteiger charge is -2.22. The molecule has 0 aromatic heterocycles. The first-order valence-electron chi connectivity index (χ1n) is 6.98. The van der Waals surface area contributed by atoms with Gasteiger partial charge in [0.25, 0.3) is 5.91 Å². The van der Waals surface area contributed by atoms with E-state index in [-0.39, 0.29) is 5.91 Å². The van der Waals surface area contributed by atoms with Crippen molar-refractivity contribution in [1.29, 1.82) is 0 Å². The molecule has 1 aromatic carbocycles. The third kappa shape index (κ3) is 4.10. The minimum Gasteiger partial charge on any atom is -0.497 e. The van der Waals surface area contributed by atoms with Gasteiger partial charge in [-0.15, -0.1) is 0 Å². The number of carbonyl (C=O) groups excluding carboxylic acids is 1. The summed E-state index contributed by atoms with van der Waals surface area (Å²) in [7, 11) is 3.73. The molecule has 1 aliphatic rings. The topological polar surface area (TPSA) is 41.6 Å². The number of hydrogen-bond donors (Lipinski definition) is 1. The molecule has 0 atom stereocenters. The average molecular weight is 274 g/mol. The zero-order valence-electron chi connectivity index (χ0n) is 12.2. The Balaban J connectivity index is 1.81. The standard InChI is InChI=1S/C16H22N2O2/c1-18-10-4-5-13(12-18)8-9-17-16(19)14-6-3-7-15(11-14)20-2/h3,5-7,11H,4,8-10,12H2,1-2H3,(H,17,19). The fraction of sp³-hybridized carbons (Fsp3) is 0.438. The van der Waals surface area contributed by atoms with Gasteiger partial charge in [0, 0.05) is 25.2 Å². The number of carbonyl (C=O) groups is 1. The van der Waals surface area contributed by atoms with Crippen molar-refractivity contribution in [2.24, 2.45) is 0 Å². The summed E-state index contributed by atoms with van der Waals surface area (Å²) in [6.07, 6.45) is 4.31. The van der Waals surface area contributed by atoms with Gasteiger partial charge in [0.1, 0.15) is 5.75 Å². The van der Waals surface area contributed by atoms with Crippen molar-refractivity contribution in [3.05, 3.63) is 41.5 Å². The predicted octanol–water partition coefficient (Wildman–Crippen LogP) is 2.08. The Labute approximate surface area is 120 Å². The summed E-state index contributed by atoms with van der Waals surface area (Å²) in [5.74, 6) is 0.655. The van der Waals surface area contributed by atoms with Crippen LogP contribution in [0.2, 0.25) is 0 Å². The maximum absolute atomic E-state index is 12.0. The number of ether oxygens (including phenoxy) is 1. The molecule has 1 amide bonds. The molecule has 0 aliphatic carbocycles. The van der Waals surface area contributed by atoms with Gasteiger partial charge in [0.2, 0.25) is 0 Å². The van der Waals surface area contributed by atoms with Crippen LogP contribution in [0.4, 0.5) is 0 Å². The normalized spacial score (nSPS) is 15.6. The maximum atomic E-state index is 12.0. The molecule has 0 saturated carbocycles. The first kappa shape index (κ1) is 14.6. The van der Waals surface area contributed by atoms with Gasteiger partial charge < -0.3 is 15.0 Å². The van der Waals surface area contributed by atoms with Crippen molar-refractivity contribution < 1.29 is 9.53 Å². The first-order chi connectivity index (χ1) is 9.69. The van der Waals surface area contributed by atoms with Crippen LogP contribution >= 0.6 is 0 Å². The van der Waals surface area contributed by atoms with Gasteiger partial charge in [-0.2, -0.15) is 0 Å². The zero-order valence-corrected chi connectivity index (χ0v) is 12.2. The SMILES string of the molecule is COc1cccc(C(=O)NCCC2=CCCN(C)C2)c1. The van der Waals surface area contributed by atoms with E-state index in [4.69, 9.17) is 4.74 Å². The highest BCUT2D eigenvalue weighted by Crippen LogP contribution is 2.13. The Morgan fingerprint density at radius 2 is 2.30 bits per heavy atom. The van der Waals surface area contributed by atoms with E-state index in [9.17, 15) is 4.79 Å². The molecule has 2 rings (SSSR count). The molecule has 4 heteroatoms. The second kappa shape index (κ2) is 7.10. The largest absolute Gasteiger partial charge is 0.497 e. The van der Waals surface area contributed by atoms with Crippen LogP contribution in [0.3, 0.4) is 0 Å². The molecule has 1 N–H and O–H groups in total. The third-order valence-electron chi connectivity index (χ3n) is 3.48. The van der Waals surface area contributed by atoms with E-state index >= 15 is 0 Å². The summed E-state index contributed by atoms with van der Waals surface area (Å²) >= 11 is 0. The van der Waals surface area contributed by atoms with Crippen LogP contribution in [0, 0.1) is 0 Å². The molecule has 1 heterocycles. The molecular formula is C16H22N2O2. The molecule has 0 spiro atoms. The fourth-order valence-corrected chi connectivity index (χ4v) is 2.36. The Morgan fingerprint density at radius 1 is 1.45 bits per heavy atom. The Bertz CT molecular complexity index is 497. The summed E-state index contributed by atoms with van der Waals surface area (Å²) in [4.78, 5) is 14.3. The van der Waals surface area contributed by atoms with Crippen molar-refractivity contribution in [1.82, 2.24) is 10.2 Å². The van der Waals surface area contributed by atoms with Gasteiger partial charge >= 0.3 is 0 Å². The minimum absolute atomic E-state index is 0.0475. The lowest BCUT2D eigenvalue weighted by Crippen LogP contribution is -2.29. The number of rotatable bonds is 5. The average Bonchev–Trinajstić information content (AvgIpc) is 2.47. The summed E-state index contributed by atoms with van der Waals surface area (Å²) in [6.45, 7) is 2.81. The van der Waals surface area contributed by atoms with Gasteiger partial charge in [0.15, 0.2) is 0 Å². The van der Waals surface area contributed by atoms with E-state index in [1.807, 2.05) is 12.1 Å². The summed E-state index contributed by atoms with van der Waals surface area (Å²) in [5.41, 5.74) is 2.05. The minimum atomic E-state index is -0.0475. The van der Waals surface area contributed by atoms with Crippen molar-refractivity contribution in [2.45, 2.75) is 12.8 Å². The molecule has 0 bridgehead atoms. The Morgan fingerprint density at radius 3 is 3.05 bits per heavy atom. The van der Waals surface area contributed by atoms with Crippen LogP contribution in [-0.4, -0.2) is 44.6 Å². The lowest BCUT2D eigenvalue weighted by molar-refractivity contribution is 0.0953. The second-order valence-electron chi connectivity index (χ2n) is 5.13. The molecular weight excluding hydrogens is 252 g/mol. The monoisotopic (exact) mass is 274 g/mol. The molecule has 0 fully saturated rings.